The lowest BCUT2D eigenvalue weighted by atomic mass is 10.2. The van der Waals surface area contributed by atoms with Crippen LogP contribution in [0.1, 0.15) is 35.7 Å². The maximum Gasteiger partial charge on any atom is 0.394 e. The lowest BCUT2D eigenvalue weighted by molar-refractivity contribution is 0.0954. The van der Waals surface area contributed by atoms with Crippen molar-refractivity contribution in [1.29, 1.82) is 0 Å². The Morgan fingerprint density at radius 3 is 1.69 bits per heavy atom. The van der Waals surface area contributed by atoms with Gasteiger partial charge in [0.2, 0.25) is 0 Å². The molecule has 11 nitrogen and oxygen atoms in total. The standard InChI is InChI=1S/C27H22N4O3.H2O4S/c1-17(25-15-20-7-3-5-9-23(20)33-25)28-30-22-13-11-19(12-14-22)27(32)31-29-18(2)26-16-21-8-4-6-10-24(21)34-26;1-5(2,3)4/h3-16,30H,1-2H3,(H,31,32);(H2,1,2,3,4)/b28-17-,29-18-;. The highest BCUT2D eigenvalue weighted by Gasteiger charge is 2.09. The number of hydrogen-bond acceptors (Lipinski definition) is 8. The Balaban J connectivity index is 0.000000648. The zero-order valence-corrected chi connectivity index (χ0v) is 21.6. The maximum atomic E-state index is 12.5. The number of nitrogens with zero attached hydrogens (tertiary/aromatic N) is 2. The van der Waals surface area contributed by atoms with E-state index in [1.807, 2.05) is 67.6 Å². The summed E-state index contributed by atoms with van der Waals surface area (Å²) in [6.45, 7) is 3.65. The van der Waals surface area contributed by atoms with Gasteiger partial charge < -0.3 is 8.83 Å². The van der Waals surface area contributed by atoms with Crippen molar-refractivity contribution in [2.24, 2.45) is 10.2 Å². The van der Waals surface area contributed by atoms with Crippen molar-refractivity contribution in [3.05, 3.63) is 102 Å². The van der Waals surface area contributed by atoms with E-state index in [0.29, 0.717) is 28.5 Å². The first kappa shape index (κ1) is 27.3. The summed E-state index contributed by atoms with van der Waals surface area (Å²) >= 11 is 0. The van der Waals surface area contributed by atoms with Gasteiger partial charge in [-0.1, -0.05) is 36.4 Å². The smallest absolute Gasteiger partial charge is 0.394 e. The van der Waals surface area contributed by atoms with E-state index in [1.54, 1.807) is 31.2 Å². The Kier molecular flexibility index (Phi) is 8.20. The molecule has 0 saturated carbocycles. The highest BCUT2D eigenvalue weighted by molar-refractivity contribution is 7.79. The van der Waals surface area contributed by atoms with Gasteiger partial charge in [0.1, 0.15) is 22.6 Å². The molecular formula is C27H24N4O7S. The first-order valence-corrected chi connectivity index (χ1v) is 12.9. The highest BCUT2D eigenvalue weighted by atomic mass is 32.3. The highest BCUT2D eigenvalue weighted by Crippen LogP contribution is 2.20. The Hall–Kier alpha value is -4.78. The molecule has 0 aliphatic rings. The molecule has 3 aromatic carbocycles. The summed E-state index contributed by atoms with van der Waals surface area (Å²) in [6.07, 6.45) is 0. The summed E-state index contributed by atoms with van der Waals surface area (Å²) in [5.74, 6) is 0.991. The largest absolute Gasteiger partial charge is 0.455 e. The van der Waals surface area contributed by atoms with E-state index in [-0.39, 0.29) is 5.91 Å². The number of rotatable bonds is 6. The first-order chi connectivity index (χ1) is 18.6. The third-order valence-electron chi connectivity index (χ3n) is 5.39. The van der Waals surface area contributed by atoms with Crippen LogP contribution in [0.4, 0.5) is 5.69 Å². The van der Waals surface area contributed by atoms with Gasteiger partial charge in [-0.3, -0.25) is 19.3 Å². The van der Waals surface area contributed by atoms with E-state index in [2.05, 4.69) is 21.1 Å². The molecule has 200 valence electrons. The quantitative estimate of drug-likeness (QED) is 0.122. The second-order valence-electron chi connectivity index (χ2n) is 8.27. The normalized spacial score (nSPS) is 12.2. The van der Waals surface area contributed by atoms with Gasteiger partial charge in [0.15, 0.2) is 11.5 Å². The molecule has 0 aliphatic carbocycles. The average molecular weight is 549 g/mol. The average Bonchev–Trinajstić information content (AvgIpc) is 3.54. The molecule has 39 heavy (non-hydrogen) atoms. The molecule has 0 bridgehead atoms. The molecular weight excluding hydrogens is 524 g/mol. The fraction of sp³-hybridized carbons (Fsp3) is 0.0741. The SMILES string of the molecule is C/C(=N/NC(=O)c1ccc(N/N=C(/C)c2cc3ccccc3o2)cc1)c1cc2ccccc2o1.O=S(=O)(O)O. The second-order valence-corrected chi connectivity index (χ2v) is 9.16. The van der Waals surface area contributed by atoms with Crippen molar-refractivity contribution >= 4 is 55.4 Å². The summed E-state index contributed by atoms with van der Waals surface area (Å²) in [7, 11) is -4.67. The number of hydrazone groups is 2. The zero-order chi connectivity index (χ0) is 28.0. The fourth-order valence-electron chi connectivity index (χ4n) is 3.47. The van der Waals surface area contributed by atoms with Crippen LogP contribution in [0.15, 0.2) is 104 Å². The predicted octanol–water partition coefficient (Wildman–Crippen LogP) is 5.52. The minimum Gasteiger partial charge on any atom is -0.455 e. The summed E-state index contributed by atoms with van der Waals surface area (Å²) in [6, 6.07) is 26.3. The van der Waals surface area contributed by atoms with Gasteiger partial charge in [-0.15, -0.1) is 0 Å². The van der Waals surface area contributed by atoms with Crippen LogP contribution < -0.4 is 10.9 Å². The Morgan fingerprint density at radius 1 is 0.744 bits per heavy atom. The third-order valence-corrected chi connectivity index (χ3v) is 5.39. The van der Waals surface area contributed by atoms with Gasteiger partial charge in [-0.25, -0.2) is 5.43 Å². The molecule has 1 amide bonds. The second kappa shape index (κ2) is 11.7. The molecule has 0 atom stereocenters. The van der Waals surface area contributed by atoms with Crippen LogP contribution in [0.5, 0.6) is 0 Å². The van der Waals surface area contributed by atoms with Crippen LogP contribution in [-0.2, 0) is 10.4 Å². The molecule has 12 heteroatoms. The number of carbonyl (C=O) groups excluding carboxylic acids is 1. The molecule has 0 saturated heterocycles. The van der Waals surface area contributed by atoms with Crippen LogP contribution in [0.2, 0.25) is 0 Å². The molecule has 5 aromatic rings. The van der Waals surface area contributed by atoms with Gasteiger partial charge >= 0.3 is 10.4 Å². The first-order valence-electron chi connectivity index (χ1n) is 11.5. The summed E-state index contributed by atoms with van der Waals surface area (Å²) in [5.41, 5.74) is 9.68. The number of para-hydroxylation sites is 2. The minimum absolute atomic E-state index is 0.316. The number of nitrogens with one attached hydrogen (secondary N) is 2. The van der Waals surface area contributed by atoms with Crippen LogP contribution >= 0.6 is 0 Å². The molecule has 0 aliphatic heterocycles. The predicted molar refractivity (Wildman–Crippen MR) is 149 cm³/mol. The van der Waals surface area contributed by atoms with Crippen LogP contribution in [0.25, 0.3) is 21.9 Å². The molecule has 0 unspecified atom stereocenters. The number of benzene rings is 3. The number of hydrogen-bond donors (Lipinski definition) is 4. The van der Waals surface area contributed by atoms with Gasteiger partial charge in [-0.05, 0) is 62.4 Å². The van der Waals surface area contributed by atoms with E-state index in [0.717, 1.165) is 27.6 Å². The summed E-state index contributed by atoms with van der Waals surface area (Å²) < 4.78 is 43.2. The van der Waals surface area contributed by atoms with Crippen LogP contribution in [-0.4, -0.2) is 34.9 Å². The zero-order valence-electron chi connectivity index (χ0n) is 20.8. The lowest BCUT2D eigenvalue weighted by Gasteiger charge is -2.04. The van der Waals surface area contributed by atoms with Crippen LogP contribution in [0, 0.1) is 0 Å². The summed E-state index contributed by atoms with van der Waals surface area (Å²) in [4.78, 5) is 12.5. The topological polar surface area (TPSA) is 167 Å². The van der Waals surface area contributed by atoms with E-state index >= 15 is 0 Å². The van der Waals surface area contributed by atoms with E-state index in [1.165, 1.54) is 0 Å². The van der Waals surface area contributed by atoms with Crippen molar-refractivity contribution in [2.75, 3.05) is 5.43 Å². The Bertz CT molecular complexity index is 1710. The third kappa shape index (κ3) is 7.61. The molecule has 5 rings (SSSR count). The number of fused-ring (bicyclic) bond motifs is 2. The van der Waals surface area contributed by atoms with Gasteiger partial charge in [-0.2, -0.15) is 18.6 Å². The van der Waals surface area contributed by atoms with E-state index in [9.17, 15) is 4.79 Å². The number of carbonyl (C=O) groups is 1. The van der Waals surface area contributed by atoms with Crippen molar-refractivity contribution in [2.45, 2.75) is 13.8 Å². The fourth-order valence-corrected chi connectivity index (χ4v) is 3.47. The minimum atomic E-state index is -4.67. The number of amides is 1. The van der Waals surface area contributed by atoms with Crippen molar-refractivity contribution < 1.29 is 31.2 Å². The van der Waals surface area contributed by atoms with Gasteiger partial charge in [0.05, 0.1) is 5.69 Å². The number of furan rings is 2. The molecule has 4 N–H and O–H groups in total. The molecule has 2 heterocycles. The van der Waals surface area contributed by atoms with Gasteiger partial charge in [0.25, 0.3) is 5.91 Å². The lowest BCUT2D eigenvalue weighted by Crippen LogP contribution is -2.19. The van der Waals surface area contributed by atoms with Crippen molar-refractivity contribution in [1.82, 2.24) is 5.43 Å². The molecule has 0 fully saturated rings. The van der Waals surface area contributed by atoms with Crippen molar-refractivity contribution in [3.63, 3.8) is 0 Å². The maximum absolute atomic E-state index is 12.5. The Labute approximate surface area is 223 Å². The monoisotopic (exact) mass is 548 g/mol. The molecule has 0 spiro atoms. The van der Waals surface area contributed by atoms with Crippen molar-refractivity contribution in [3.8, 4) is 0 Å². The van der Waals surface area contributed by atoms with E-state index in [4.69, 9.17) is 26.4 Å². The van der Waals surface area contributed by atoms with Crippen LogP contribution in [0.3, 0.4) is 0 Å². The summed E-state index contributed by atoms with van der Waals surface area (Å²) in [5, 5.41) is 10.6. The molecule has 2 aromatic heterocycles. The van der Waals surface area contributed by atoms with E-state index < -0.39 is 10.4 Å². The Morgan fingerprint density at radius 2 is 1.21 bits per heavy atom. The van der Waals surface area contributed by atoms with Gasteiger partial charge in [0, 0.05) is 16.3 Å². The molecule has 0 radical (unpaired) electrons. The number of anilines is 1.